The molecule has 2 saturated carbocycles. The third-order valence-corrected chi connectivity index (χ3v) is 4.37. The minimum atomic E-state index is 0.541. The average molecular weight is 190 g/mol. The van der Waals surface area contributed by atoms with Gasteiger partial charge in [0.05, 0.1) is 12.7 Å². The Morgan fingerprint density at radius 3 is 3.14 bits per heavy atom. The zero-order valence-electron chi connectivity index (χ0n) is 8.56. The standard InChI is InChI=1S/C13H18O/c1-2-6-14-13-8-9-7-12(13)11-5-3-4-10(9)11/h2-4,9-13H,1,5-8H2/t9-,10-,11+,12+,13-/m1/s1. The van der Waals surface area contributed by atoms with Gasteiger partial charge in [-0.05, 0) is 42.9 Å². The van der Waals surface area contributed by atoms with Crippen molar-refractivity contribution in [3.05, 3.63) is 24.8 Å². The van der Waals surface area contributed by atoms with E-state index in [1.54, 1.807) is 0 Å². The summed E-state index contributed by atoms with van der Waals surface area (Å²) in [4.78, 5) is 0. The zero-order valence-corrected chi connectivity index (χ0v) is 8.56. The van der Waals surface area contributed by atoms with Gasteiger partial charge in [-0.25, -0.2) is 0 Å². The van der Waals surface area contributed by atoms with Gasteiger partial charge in [0, 0.05) is 0 Å². The first-order chi connectivity index (χ1) is 6.90. The highest BCUT2D eigenvalue weighted by Crippen LogP contribution is 2.57. The van der Waals surface area contributed by atoms with Crippen LogP contribution in [0.2, 0.25) is 0 Å². The molecule has 0 spiro atoms. The van der Waals surface area contributed by atoms with Crippen LogP contribution < -0.4 is 0 Å². The Hall–Kier alpha value is -0.560. The second-order valence-corrected chi connectivity index (χ2v) is 4.96. The summed E-state index contributed by atoms with van der Waals surface area (Å²) in [6, 6.07) is 0. The van der Waals surface area contributed by atoms with E-state index in [2.05, 4.69) is 18.7 Å². The Bertz CT molecular complexity index is 268. The second-order valence-electron chi connectivity index (χ2n) is 4.96. The number of rotatable bonds is 3. The molecule has 3 rings (SSSR count). The predicted molar refractivity (Wildman–Crippen MR) is 56.9 cm³/mol. The van der Waals surface area contributed by atoms with Gasteiger partial charge in [-0.1, -0.05) is 18.2 Å². The third kappa shape index (κ3) is 1.12. The van der Waals surface area contributed by atoms with Crippen LogP contribution in [0.5, 0.6) is 0 Å². The summed E-state index contributed by atoms with van der Waals surface area (Å²) in [5.74, 6) is 3.60. The number of hydrogen-bond donors (Lipinski definition) is 0. The Kier molecular flexibility index (Phi) is 2.01. The fourth-order valence-corrected chi connectivity index (χ4v) is 3.88. The van der Waals surface area contributed by atoms with Gasteiger partial charge in [-0.2, -0.15) is 0 Å². The van der Waals surface area contributed by atoms with Crippen molar-refractivity contribution in [2.45, 2.75) is 25.4 Å². The third-order valence-electron chi connectivity index (χ3n) is 4.37. The Balaban J connectivity index is 1.69. The van der Waals surface area contributed by atoms with Crippen molar-refractivity contribution in [3.63, 3.8) is 0 Å². The first-order valence-corrected chi connectivity index (χ1v) is 5.79. The number of ether oxygens (including phenoxy) is 1. The van der Waals surface area contributed by atoms with Crippen LogP contribution in [0.4, 0.5) is 0 Å². The molecule has 1 nitrogen and oxygen atoms in total. The van der Waals surface area contributed by atoms with Crippen LogP contribution in [0.3, 0.4) is 0 Å². The van der Waals surface area contributed by atoms with Crippen molar-refractivity contribution in [3.8, 4) is 0 Å². The SMILES string of the molecule is C=CCO[C@@H]1C[C@H]2C[C@H]1[C@H]1CC=C[C@H]21. The molecule has 0 aromatic carbocycles. The first-order valence-electron chi connectivity index (χ1n) is 5.79. The van der Waals surface area contributed by atoms with Crippen LogP contribution >= 0.6 is 0 Å². The lowest BCUT2D eigenvalue weighted by molar-refractivity contribution is 0.00693. The molecule has 0 aromatic rings. The van der Waals surface area contributed by atoms with Crippen LogP contribution in [-0.2, 0) is 4.74 Å². The molecule has 2 fully saturated rings. The predicted octanol–water partition coefficient (Wildman–Crippen LogP) is 2.79. The summed E-state index contributed by atoms with van der Waals surface area (Å²) in [6.45, 7) is 4.45. The highest BCUT2D eigenvalue weighted by molar-refractivity contribution is 5.14. The molecule has 0 radical (unpaired) electrons. The van der Waals surface area contributed by atoms with Crippen molar-refractivity contribution in [2.75, 3.05) is 6.61 Å². The van der Waals surface area contributed by atoms with E-state index in [0.717, 1.165) is 30.3 Å². The van der Waals surface area contributed by atoms with E-state index >= 15 is 0 Å². The van der Waals surface area contributed by atoms with Crippen molar-refractivity contribution in [1.29, 1.82) is 0 Å². The van der Waals surface area contributed by atoms with Crippen molar-refractivity contribution < 1.29 is 4.74 Å². The minimum absolute atomic E-state index is 0.541. The lowest BCUT2D eigenvalue weighted by atomic mass is 9.80. The molecule has 0 aromatic heterocycles. The molecule has 3 aliphatic carbocycles. The highest BCUT2D eigenvalue weighted by atomic mass is 16.5. The molecular weight excluding hydrogens is 172 g/mol. The fourth-order valence-electron chi connectivity index (χ4n) is 3.88. The van der Waals surface area contributed by atoms with Gasteiger partial charge in [0.1, 0.15) is 0 Å². The van der Waals surface area contributed by atoms with Crippen LogP contribution in [0.25, 0.3) is 0 Å². The van der Waals surface area contributed by atoms with Gasteiger partial charge in [0.25, 0.3) is 0 Å². The van der Waals surface area contributed by atoms with Gasteiger partial charge in [0.15, 0.2) is 0 Å². The van der Waals surface area contributed by atoms with E-state index in [-0.39, 0.29) is 0 Å². The molecule has 3 aliphatic rings. The van der Waals surface area contributed by atoms with Crippen LogP contribution in [-0.4, -0.2) is 12.7 Å². The average Bonchev–Trinajstić information content (AvgIpc) is 2.85. The molecule has 5 atom stereocenters. The van der Waals surface area contributed by atoms with Crippen LogP contribution in [0.15, 0.2) is 24.8 Å². The smallest absolute Gasteiger partial charge is 0.0648 e. The zero-order chi connectivity index (χ0) is 9.54. The summed E-state index contributed by atoms with van der Waals surface area (Å²) < 4.78 is 5.85. The van der Waals surface area contributed by atoms with Gasteiger partial charge in [0.2, 0.25) is 0 Å². The highest BCUT2D eigenvalue weighted by Gasteiger charge is 2.52. The Morgan fingerprint density at radius 1 is 1.36 bits per heavy atom. The van der Waals surface area contributed by atoms with E-state index in [1.807, 2.05) is 6.08 Å². The molecule has 0 heterocycles. The van der Waals surface area contributed by atoms with Crippen molar-refractivity contribution in [1.82, 2.24) is 0 Å². The van der Waals surface area contributed by atoms with E-state index in [0.29, 0.717) is 6.10 Å². The van der Waals surface area contributed by atoms with E-state index in [4.69, 9.17) is 4.74 Å². The van der Waals surface area contributed by atoms with E-state index in [1.165, 1.54) is 19.3 Å². The summed E-state index contributed by atoms with van der Waals surface area (Å²) >= 11 is 0. The topological polar surface area (TPSA) is 9.23 Å². The lowest BCUT2D eigenvalue weighted by Crippen LogP contribution is -2.30. The minimum Gasteiger partial charge on any atom is -0.374 e. The quantitative estimate of drug-likeness (QED) is 0.622. The maximum absolute atomic E-state index is 5.85. The summed E-state index contributed by atoms with van der Waals surface area (Å²) in [5, 5.41) is 0. The van der Waals surface area contributed by atoms with Crippen LogP contribution in [0, 0.1) is 23.7 Å². The maximum Gasteiger partial charge on any atom is 0.0648 e. The number of allylic oxidation sites excluding steroid dienone is 2. The molecular formula is C13H18O. The first kappa shape index (κ1) is 8.72. The van der Waals surface area contributed by atoms with Gasteiger partial charge in [-0.3, -0.25) is 0 Å². The second kappa shape index (κ2) is 3.23. The Labute approximate surface area is 85.8 Å². The van der Waals surface area contributed by atoms with Gasteiger partial charge < -0.3 is 4.74 Å². The monoisotopic (exact) mass is 190 g/mol. The molecule has 76 valence electrons. The largest absolute Gasteiger partial charge is 0.374 e. The number of fused-ring (bicyclic) bond motifs is 5. The van der Waals surface area contributed by atoms with E-state index in [9.17, 15) is 0 Å². The molecule has 0 aliphatic heterocycles. The molecule has 0 saturated heterocycles. The fraction of sp³-hybridized carbons (Fsp3) is 0.692. The van der Waals surface area contributed by atoms with Crippen molar-refractivity contribution >= 4 is 0 Å². The summed E-state index contributed by atoms with van der Waals surface area (Å²) in [6.07, 6.45) is 11.3. The van der Waals surface area contributed by atoms with Gasteiger partial charge in [-0.15, -0.1) is 6.58 Å². The lowest BCUT2D eigenvalue weighted by Gasteiger charge is -2.31. The van der Waals surface area contributed by atoms with Crippen LogP contribution in [0.1, 0.15) is 19.3 Å². The van der Waals surface area contributed by atoms with Gasteiger partial charge >= 0.3 is 0 Å². The molecule has 14 heavy (non-hydrogen) atoms. The molecule has 0 unspecified atom stereocenters. The summed E-state index contributed by atoms with van der Waals surface area (Å²) in [5.41, 5.74) is 0. The Morgan fingerprint density at radius 2 is 2.29 bits per heavy atom. The summed E-state index contributed by atoms with van der Waals surface area (Å²) in [7, 11) is 0. The maximum atomic E-state index is 5.85. The number of hydrogen-bond acceptors (Lipinski definition) is 1. The molecule has 0 amide bonds. The molecule has 0 N–H and O–H groups in total. The van der Waals surface area contributed by atoms with Crippen molar-refractivity contribution in [2.24, 2.45) is 23.7 Å². The van der Waals surface area contributed by atoms with E-state index < -0.39 is 0 Å². The molecule has 1 heteroatoms. The molecule has 2 bridgehead atoms. The normalized spacial score (nSPS) is 48.4.